The number of hydrogen-bond donors (Lipinski definition) is 1. The Labute approximate surface area is 150 Å². The fourth-order valence-electron chi connectivity index (χ4n) is 4.94. The summed E-state index contributed by atoms with van der Waals surface area (Å²) < 4.78 is 27.0. The highest BCUT2D eigenvalue weighted by molar-refractivity contribution is 5.95. The van der Waals surface area contributed by atoms with Gasteiger partial charge < -0.3 is 10.0 Å². The minimum atomic E-state index is -0.991. The second-order valence-corrected chi connectivity index (χ2v) is 7.84. The maximum absolute atomic E-state index is 14.0. The molecule has 4 rings (SSSR count). The van der Waals surface area contributed by atoms with Gasteiger partial charge in [0.25, 0.3) is 5.91 Å². The lowest BCUT2D eigenvalue weighted by Gasteiger charge is -2.28. The van der Waals surface area contributed by atoms with Gasteiger partial charge in [0.2, 0.25) is 0 Å². The van der Waals surface area contributed by atoms with Crippen molar-refractivity contribution in [1.82, 2.24) is 9.80 Å². The molecule has 0 spiro atoms. The molecule has 2 aliphatic heterocycles. The van der Waals surface area contributed by atoms with E-state index >= 15 is 0 Å². The number of nitrogens with zero attached hydrogens (tertiary/aromatic N) is 2. The molecule has 2 atom stereocenters. The molecule has 26 heavy (non-hydrogen) atoms. The summed E-state index contributed by atoms with van der Waals surface area (Å²) in [5, 5.41) is 9.91. The standard InChI is InChI=1S/C19H22F2N2O3/c20-13-5-6-15(16(21)7-13)17(24)23-9-12-8-22(14-3-1-2-4-14)10-19(12,11-23)18(25)26/h5-7,12,14H,1-4,8-11H2,(H,25,26)/t12?,19-/m0/s1. The first-order chi connectivity index (χ1) is 12.4. The number of amides is 1. The molecule has 1 aliphatic carbocycles. The Morgan fingerprint density at radius 1 is 1.12 bits per heavy atom. The SMILES string of the molecule is O=C(c1ccc(F)cc1F)N1CC2CN(C3CCCC3)C[C@]2(C(=O)O)C1. The van der Waals surface area contributed by atoms with Crippen molar-refractivity contribution >= 4 is 11.9 Å². The van der Waals surface area contributed by atoms with E-state index in [-0.39, 0.29) is 18.0 Å². The zero-order valence-corrected chi connectivity index (χ0v) is 14.5. The van der Waals surface area contributed by atoms with Crippen LogP contribution >= 0.6 is 0 Å². The molecule has 2 saturated heterocycles. The number of hydrogen-bond acceptors (Lipinski definition) is 3. The first-order valence-electron chi connectivity index (χ1n) is 9.12. The number of halogens is 2. The van der Waals surface area contributed by atoms with Crippen LogP contribution in [0.1, 0.15) is 36.0 Å². The number of carbonyl (C=O) groups excluding carboxylic acids is 1. The summed E-state index contributed by atoms with van der Waals surface area (Å²) in [6, 6.07) is 3.29. The molecule has 1 aromatic rings. The van der Waals surface area contributed by atoms with E-state index in [4.69, 9.17) is 0 Å². The summed E-state index contributed by atoms with van der Waals surface area (Å²) >= 11 is 0. The van der Waals surface area contributed by atoms with Crippen molar-refractivity contribution in [3.8, 4) is 0 Å². The molecular weight excluding hydrogens is 342 g/mol. The summed E-state index contributed by atoms with van der Waals surface area (Å²) in [6.07, 6.45) is 4.57. The minimum Gasteiger partial charge on any atom is -0.481 e. The number of carbonyl (C=O) groups is 2. The summed E-state index contributed by atoms with van der Waals surface area (Å²) in [5.74, 6) is -3.27. The van der Waals surface area contributed by atoms with E-state index in [0.29, 0.717) is 31.7 Å². The van der Waals surface area contributed by atoms with Crippen LogP contribution in [-0.2, 0) is 4.79 Å². The van der Waals surface area contributed by atoms with Crippen LogP contribution in [0.4, 0.5) is 8.78 Å². The van der Waals surface area contributed by atoms with Crippen molar-refractivity contribution in [2.45, 2.75) is 31.7 Å². The number of rotatable bonds is 3. The van der Waals surface area contributed by atoms with Crippen molar-refractivity contribution in [2.75, 3.05) is 26.2 Å². The van der Waals surface area contributed by atoms with Crippen LogP contribution in [0.25, 0.3) is 0 Å². The lowest BCUT2D eigenvalue weighted by molar-refractivity contribution is -0.148. The van der Waals surface area contributed by atoms with Gasteiger partial charge in [-0.2, -0.15) is 0 Å². The molecule has 3 aliphatic rings. The van der Waals surface area contributed by atoms with E-state index < -0.39 is 28.9 Å². The second-order valence-electron chi connectivity index (χ2n) is 7.84. The van der Waals surface area contributed by atoms with Crippen LogP contribution < -0.4 is 0 Å². The van der Waals surface area contributed by atoms with Gasteiger partial charge in [0.05, 0.1) is 5.56 Å². The van der Waals surface area contributed by atoms with E-state index in [1.165, 1.54) is 17.7 Å². The van der Waals surface area contributed by atoms with Gasteiger partial charge in [-0.05, 0) is 25.0 Å². The topological polar surface area (TPSA) is 60.9 Å². The second kappa shape index (κ2) is 6.30. The first-order valence-corrected chi connectivity index (χ1v) is 9.12. The van der Waals surface area contributed by atoms with Crippen molar-refractivity contribution < 1.29 is 23.5 Å². The molecule has 1 N–H and O–H groups in total. The molecule has 0 radical (unpaired) electrons. The maximum Gasteiger partial charge on any atom is 0.313 e. The number of aliphatic carboxylic acids is 1. The van der Waals surface area contributed by atoms with Crippen molar-refractivity contribution in [1.29, 1.82) is 0 Å². The quantitative estimate of drug-likeness (QED) is 0.895. The first kappa shape index (κ1) is 17.4. The maximum atomic E-state index is 14.0. The third kappa shape index (κ3) is 2.69. The van der Waals surface area contributed by atoms with Crippen LogP contribution in [0.15, 0.2) is 18.2 Å². The van der Waals surface area contributed by atoms with Gasteiger partial charge in [-0.3, -0.25) is 14.5 Å². The largest absolute Gasteiger partial charge is 0.481 e. The highest BCUT2D eigenvalue weighted by Crippen LogP contribution is 2.45. The van der Waals surface area contributed by atoms with Crippen LogP contribution in [0, 0.1) is 23.0 Å². The molecular formula is C19H22F2N2O3. The fraction of sp³-hybridized carbons (Fsp3) is 0.579. The Morgan fingerprint density at radius 2 is 1.85 bits per heavy atom. The van der Waals surface area contributed by atoms with Crippen molar-refractivity contribution in [3.05, 3.63) is 35.4 Å². The highest BCUT2D eigenvalue weighted by Gasteiger charge is 2.59. The van der Waals surface area contributed by atoms with Crippen LogP contribution in [-0.4, -0.2) is 59.0 Å². The van der Waals surface area contributed by atoms with E-state index in [2.05, 4.69) is 4.90 Å². The lowest BCUT2D eigenvalue weighted by atomic mass is 9.81. The number of benzene rings is 1. The van der Waals surface area contributed by atoms with Crippen LogP contribution in [0.2, 0.25) is 0 Å². The van der Waals surface area contributed by atoms with Crippen LogP contribution in [0.3, 0.4) is 0 Å². The number of carboxylic acid groups (broad SMARTS) is 1. The molecule has 3 fully saturated rings. The molecule has 5 nitrogen and oxygen atoms in total. The van der Waals surface area contributed by atoms with E-state index in [9.17, 15) is 23.5 Å². The molecule has 140 valence electrons. The van der Waals surface area contributed by atoms with Crippen molar-refractivity contribution in [2.24, 2.45) is 11.3 Å². The molecule has 0 bridgehead atoms. The monoisotopic (exact) mass is 364 g/mol. The summed E-state index contributed by atoms with van der Waals surface area (Å²) in [6.45, 7) is 1.47. The predicted molar refractivity (Wildman–Crippen MR) is 89.6 cm³/mol. The summed E-state index contributed by atoms with van der Waals surface area (Å²) in [5.41, 5.74) is -1.20. The third-order valence-electron chi connectivity index (χ3n) is 6.35. The van der Waals surface area contributed by atoms with Gasteiger partial charge >= 0.3 is 5.97 Å². The summed E-state index contributed by atoms with van der Waals surface area (Å²) in [4.78, 5) is 28.5. The predicted octanol–water partition coefficient (Wildman–Crippen LogP) is 2.37. The van der Waals surface area contributed by atoms with Gasteiger partial charge in [0.1, 0.15) is 17.0 Å². The lowest BCUT2D eigenvalue weighted by Crippen LogP contribution is -2.43. The average molecular weight is 364 g/mol. The number of fused-ring (bicyclic) bond motifs is 1. The minimum absolute atomic E-state index is 0.0753. The number of likely N-dealkylation sites (tertiary alicyclic amines) is 2. The van der Waals surface area contributed by atoms with E-state index in [0.717, 1.165) is 25.0 Å². The van der Waals surface area contributed by atoms with Gasteiger partial charge in [0, 0.05) is 44.2 Å². The zero-order valence-electron chi connectivity index (χ0n) is 14.5. The fourth-order valence-corrected chi connectivity index (χ4v) is 4.94. The van der Waals surface area contributed by atoms with Gasteiger partial charge in [0.15, 0.2) is 0 Å². The van der Waals surface area contributed by atoms with Gasteiger partial charge in [-0.15, -0.1) is 0 Å². The highest BCUT2D eigenvalue weighted by atomic mass is 19.1. The van der Waals surface area contributed by atoms with Crippen molar-refractivity contribution in [3.63, 3.8) is 0 Å². The molecule has 1 aromatic carbocycles. The molecule has 0 aromatic heterocycles. The van der Waals surface area contributed by atoms with E-state index in [1.54, 1.807) is 0 Å². The van der Waals surface area contributed by atoms with E-state index in [1.807, 2.05) is 0 Å². The molecule has 7 heteroatoms. The Morgan fingerprint density at radius 3 is 2.46 bits per heavy atom. The Balaban J connectivity index is 1.54. The zero-order chi connectivity index (χ0) is 18.5. The smallest absolute Gasteiger partial charge is 0.313 e. The summed E-state index contributed by atoms with van der Waals surface area (Å²) in [7, 11) is 0. The molecule has 2 heterocycles. The molecule has 1 amide bonds. The molecule has 1 saturated carbocycles. The van der Waals surface area contributed by atoms with Crippen LogP contribution in [0.5, 0.6) is 0 Å². The third-order valence-corrected chi connectivity index (χ3v) is 6.35. The van der Waals surface area contributed by atoms with Gasteiger partial charge in [-0.1, -0.05) is 12.8 Å². The van der Waals surface area contributed by atoms with Gasteiger partial charge in [-0.25, -0.2) is 8.78 Å². The number of carboxylic acids is 1. The Bertz CT molecular complexity index is 750. The molecule has 1 unspecified atom stereocenters. The normalized spacial score (nSPS) is 29.3. The average Bonchev–Trinajstić information content (AvgIpc) is 3.28. The Kier molecular flexibility index (Phi) is 4.22. The Hall–Kier alpha value is -2.02.